The maximum Gasteiger partial charge on any atom is 0.244 e. The van der Waals surface area contributed by atoms with E-state index < -0.39 is 28.5 Å². The van der Waals surface area contributed by atoms with Gasteiger partial charge in [-0.1, -0.05) is 65.3 Å². The first-order chi connectivity index (χ1) is 19.7. The van der Waals surface area contributed by atoms with Crippen LogP contribution in [0.15, 0.2) is 77.3 Å². The number of hydrogen-bond acceptors (Lipinski definition) is 6. The number of nitrogens with one attached hydrogen (secondary N) is 1. The number of carbonyl (C=O) groups is 2. The van der Waals surface area contributed by atoms with E-state index >= 15 is 0 Å². The highest BCUT2D eigenvalue weighted by Gasteiger charge is 2.33. The van der Waals surface area contributed by atoms with E-state index in [1.54, 1.807) is 18.2 Å². The molecule has 1 atom stereocenters. The molecule has 0 unspecified atom stereocenters. The molecular formula is C30H34BrN3O6S. The first-order valence-corrected chi connectivity index (χ1v) is 16.0. The quantitative estimate of drug-likeness (QED) is 0.318. The number of rotatable bonds is 12. The van der Waals surface area contributed by atoms with E-state index in [0.717, 1.165) is 32.6 Å². The molecule has 41 heavy (non-hydrogen) atoms. The average Bonchev–Trinajstić information content (AvgIpc) is 2.97. The van der Waals surface area contributed by atoms with Gasteiger partial charge in [-0.25, -0.2) is 8.42 Å². The fraction of sp³-hybridized carbons (Fsp3) is 0.333. The molecule has 1 aliphatic rings. The van der Waals surface area contributed by atoms with Crippen LogP contribution in [0.4, 0.5) is 5.69 Å². The lowest BCUT2D eigenvalue weighted by Crippen LogP contribution is -2.53. The highest BCUT2D eigenvalue weighted by Crippen LogP contribution is 2.34. The van der Waals surface area contributed by atoms with Crippen LogP contribution in [0.2, 0.25) is 0 Å². The molecule has 1 aliphatic heterocycles. The largest absolute Gasteiger partial charge is 0.486 e. The maximum atomic E-state index is 14.1. The first kappa shape index (κ1) is 30.4. The Morgan fingerprint density at radius 3 is 2.29 bits per heavy atom. The van der Waals surface area contributed by atoms with E-state index in [1.807, 2.05) is 61.5 Å². The van der Waals surface area contributed by atoms with Gasteiger partial charge in [0.25, 0.3) is 0 Å². The first-order valence-electron chi connectivity index (χ1n) is 13.4. The Labute approximate surface area is 249 Å². The summed E-state index contributed by atoms with van der Waals surface area (Å²) in [5.74, 6) is 0.0989. The molecular weight excluding hydrogens is 610 g/mol. The Hall–Kier alpha value is -3.57. The van der Waals surface area contributed by atoms with Crippen LogP contribution in [0.3, 0.4) is 0 Å². The molecule has 0 spiro atoms. The molecule has 0 fully saturated rings. The number of ether oxygens (including phenoxy) is 2. The normalized spacial score (nSPS) is 13.2. The fourth-order valence-corrected chi connectivity index (χ4v) is 5.61. The van der Waals surface area contributed by atoms with Crippen molar-refractivity contribution in [1.82, 2.24) is 10.2 Å². The number of nitrogens with zero attached hydrogens (tertiary/aromatic N) is 2. The number of benzene rings is 3. The van der Waals surface area contributed by atoms with Crippen molar-refractivity contribution >= 4 is 43.5 Å². The number of sulfonamides is 1. The molecule has 0 bridgehead atoms. The molecule has 0 aliphatic carbocycles. The molecule has 0 aromatic heterocycles. The Morgan fingerprint density at radius 1 is 0.951 bits per heavy atom. The summed E-state index contributed by atoms with van der Waals surface area (Å²) in [6.07, 6.45) is 2.05. The molecule has 1 heterocycles. The number of carbonyl (C=O) groups excluding carboxylic acids is 2. The third-order valence-electron chi connectivity index (χ3n) is 6.58. The van der Waals surface area contributed by atoms with Crippen LogP contribution in [0, 0.1) is 0 Å². The van der Waals surface area contributed by atoms with Crippen LogP contribution in [0.5, 0.6) is 11.5 Å². The summed E-state index contributed by atoms with van der Waals surface area (Å²) in [5, 5.41) is 2.93. The second-order valence-corrected chi connectivity index (χ2v) is 12.6. The van der Waals surface area contributed by atoms with Gasteiger partial charge < -0.3 is 19.7 Å². The highest BCUT2D eigenvalue weighted by molar-refractivity contribution is 9.10. The summed E-state index contributed by atoms with van der Waals surface area (Å²) >= 11 is 3.43. The topological polar surface area (TPSA) is 105 Å². The minimum absolute atomic E-state index is 0.113. The third kappa shape index (κ3) is 8.23. The third-order valence-corrected chi connectivity index (χ3v) is 8.25. The molecule has 1 N–H and O–H groups in total. The van der Waals surface area contributed by atoms with E-state index in [9.17, 15) is 18.0 Å². The van der Waals surface area contributed by atoms with Crippen LogP contribution in [-0.4, -0.2) is 63.7 Å². The maximum absolute atomic E-state index is 14.1. The molecule has 0 saturated heterocycles. The van der Waals surface area contributed by atoms with Crippen LogP contribution < -0.4 is 19.1 Å². The molecule has 0 radical (unpaired) electrons. The molecule has 11 heteroatoms. The van der Waals surface area contributed by atoms with Crippen LogP contribution in [-0.2, 0) is 32.6 Å². The van der Waals surface area contributed by atoms with Crippen molar-refractivity contribution < 1.29 is 27.5 Å². The number of hydrogen-bond donors (Lipinski definition) is 1. The van der Waals surface area contributed by atoms with Gasteiger partial charge in [0.2, 0.25) is 21.8 Å². The molecule has 3 aromatic rings. The Morgan fingerprint density at radius 2 is 1.63 bits per heavy atom. The number of fused-ring (bicyclic) bond motifs is 1. The van der Waals surface area contributed by atoms with E-state index in [2.05, 4.69) is 21.2 Å². The summed E-state index contributed by atoms with van der Waals surface area (Å²) in [7, 11) is -3.89. The standard InChI is InChI=1S/C30H34BrN3O6S/c1-3-15-32-30(36)26(18-22-7-5-4-6-8-22)33(20-23-9-11-24(31)12-10-23)29(35)21-34(41(2,37)38)25-13-14-27-28(19-25)40-17-16-39-27/h4-14,19,26H,3,15-18,20-21H2,1-2H3,(H,32,36)/t26-/m1/s1. The van der Waals surface area contributed by atoms with Gasteiger partial charge in [-0.3, -0.25) is 13.9 Å². The average molecular weight is 645 g/mol. The Bertz CT molecular complexity index is 1450. The number of amides is 2. The van der Waals surface area contributed by atoms with Crippen molar-refractivity contribution in [2.24, 2.45) is 0 Å². The fourth-order valence-electron chi connectivity index (χ4n) is 4.51. The molecule has 2 amide bonds. The summed E-state index contributed by atoms with van der Waals surface area (Å²) in [4.78, 5) is 29.1. The van der Waals surface area contributed by atoms with Gasteiger partial charge in [0, 0.05) is 30.0 Å². The zero-order valence-corrected chi connectivity index (χ0v) is 25.5. The molecule has 4 rings (SSSR count). The Balaban J connectivity index is 1.71. The van der Waals surface area contributed by atoms with Gasteiger partial charge in [0.15, 0.2) is 11.5 Å². The Kier molecular flexibility index (Phi) is 10.3. The van der Waals surface area contributed by atoms with Gasteiger partial charge in [-0.2, -0.15) is 0 Å². The predicted octanol–water partition coefficient (Wildman–Crippen LogP) is 4.15. The molecule has 0 saturated carbocycles. The van der Waals surface area contributed by atoms with Crippen LogP contribution in [0.25, 0.3) is 0 Å². The number of halogens is 1. The molecule has 9 nitrogen and oxygen atoms in total. The van der Waals surface area contributed by atoms with Crippen LogP contribution >= 0.6 is 15.9 Å². The smallest absolute Gasteiger partial charge is 0.244 e. The lowest BCUT2D eigenvalue weighted by Gasteiger charge is -2.33. The highest BCUT2D eigenvalue weighted by atomic mass is 79.9. The summed E-state index contributed by atoms with van der Waals surface area (Å²) in [5.41, 5.74) is 1.95. The van der Waals surface area contributed by atoms with E-state index in [1.165, 1.54) is 4.90 Å². The van der Waals surface area contributed by atoms with Crippen molar-refractivity contribution in [3.8, 4) is 11.5 Å². The van der Waals surface area contributed by atoms with Crippen molar-refractivity contribution in [3.05, 3.63) is 88.4 Å². The minimum atomic E-state index is -3.89. The van der Waals surface area contributed by atoms with Gasteiger partial charge in [-0.05, 0) is 41.8 Å². The lowest BCUT2D eigenvalue weighted by molar-refractivity contribution is -0.140. The van der Waals surface area contributed by atoms with Crippen molar-refractivity contribution in [3.63, 3.8) is 0 Å². The van der Waals surface area contributed by atoms with Crippen LogP contribution in [0.1, 0.15) is 24.5 Å². The minimum Gasteiger partial charge on any atom is -0.486 e. The lowest BCUT2D eigenvalue weighted by atomic mass is 10.0. The second-order valence-electron chi connectivity index (χ2n) is 9.74. The summed E-state index contributed by atoms with van der Waals surface area (Å²) < 4.78 is 39.1. The summed E-state index contributed by atoms with van der Waals surface area (Å²) in [6.45, 7) is 2.76. The number of anilines is 1. The summed E-state index contributed by atoms with van der Waals surface area (Å²) in [6, 6.07) is 20.8. The zero-order valence-electron chi connectivity index (χ0n) is 23.1. The van der Waals surface area contributed by atoms with E-state index in [-0.39, 0.29) is 24.6 Å². The van der Waals surface area contributed by atoms with Crippen molar-refractivity contribution in [2.45, 2.75) is 32.4 Å². The monoisotopic (exact) mass is 643 g/mol. The van der Waals surface area contributed by atoms with Gasteiger partial charge in [0.05, 0.1) is 11.9 Å². The SMILES string of the molecule is CCCNC(=O)[C@@H](Cc1ccccc1)N(Cc1ccc(Br)cc1)C(=O)CN(c1ccc2c(c1)OCCO2)S(C)(=O)=O. The van der Waals surface area contributed by atoms with Crippen molar-refractivity contribution in [2.75, 3.05) is 36.9 Å². The van der Waals surface area contributed by atoms with E-state index in [4.69, 9.17) is 9.47 Å². The van der Waals surface area contributed by atoms with Crippen molar-refractivity contribution in [1.29, 1.82) is 0 Å². The predicted molar refractivity (Wildman–Crippen MR) is 162 cm³/mol. The van der Waals surface area contributed by atoms with Gasteiger partial charge in [-0.15, -0.1) is 0 Å². The van der Waals surface area contributed by atoms with Gasteiger partial charge in [0.1, 0.15) is 25.8 Å². The second kappa shape index (κ2) is 13.9. The van der Waals surface area contributed by atoms with E-state index in [0.29, 0.717) is 31.3 Å². The molecule has 3 aromatic carbocycles. The zero-order chi connectivity index (χ0) is 29.4. The van der Waals surface area contributed by atoms with Gasteiger partial charge >= 0.3 is 0 Å². The molecule has 218 valence electrons.